The molecule has 1 N–H and O–H groups in total. The first-order valence-electron chi connectivity index (χ1n) is 10.1. The quantitative estimate of drug-likeness (QED) is 0.633. The molecule has 4 rings (SSSR count). The number of quaternary nitrogens is 1. The van der Waals surface area contributed by atoms with Crippen molar-refractivity contribution in [1.82, 2.24) is 0 Å². The minimum Gasteiger partial charge on any atom is -0.443 e. The van der Waals surface area contributed by atoms with E-state index in [4.69, 9.17) is 16.3 Å². The second-order valence-electron chi connectivity index (χ2n) is 8.75. The molecule has 2 atom stereocenters. The number of carbonyl (C=O) groups excluding carboxylic acids is 1. The van der Waals surface area contributed by atoms with Gasteiger partial charge in [0, 0.05) is 29.8 Å². The summed E-state index contributed by atoms with van der Waals surface area (Å²) in [5, 5.41) is 3.35. The van der Waals surface area contributed by atoms with Gasteiger partial charge >= 0.3 is 6.09 Å². The van der Waals surface area contributed by atoms with Crippen LogP contribution in [-0.2, 0) is 4.74 Å². The van der Waals surface area contributed by atoms with Crippen molar-refractivity contribution in [3.63, 3.8) is 0 Å². The average molecular weight is 418 g/mol. The third-order valence-electron chi connectivity index (χ3n) is 7.08. The molecule has 4 nitrogen and oxygen atoms in total. The van der Waals surface area contributed by atoms with Crippen LogP contribution >= 0.6 is 11.6 Å². The summed E-state index contributed by atoms with van der Waals surface area (Å²) in [4.78, 5) is 12.6. The van der Waals surface area contributed by atoms with E-state index in [-0.39, 0.29) is 11.4 Å². The van der Waals surface area contributed by atoms with Gasteiger partial charge in [-0.2, -0.15) is 0 Å². The van der Waals surface area contributed by atoms with Gasteiger partial charge in [-0.15, -0.1) is 0 Å². The van der Waals surface area contributed by atoms with Crippen LogP contribution in [0.4, 0.5) is 14.9 Å². The smallest absolute Gasteiger partial charge is 0.411 e. The number of fused-ring (bicyclic) bond motifs is 2. The first-order chi connectivity index (χ1) is 13.8. The number of nitrogens with zero attached hydrogens (tertiary/aromatic N) is 1. The Morgan fingerprint density at radius 2 is 2.07 bits per heavy atom. The number of anilines is 1. The van der Waals surface area contributed by atoms with Gasteiger partial charge in [0.15, 0.2) is 0 Å². The lowest BCUT2D eigenvalue weighted by atomic mass is 9.87. The number of piperidine rings is 1. The SMILES string of the molecule is C[N+]1(C)[C@@H]2CCC[C@@]1(COC(=O)Nc1ccc(F)cc1-c1cccc(Cl)c1)CC2. The molecule has 0 aliphatic carbocycles. The predicted molar refractivity (Wildman–Crippen MR) is 114 cm³/mol. The van der Waals surface area contributed by atoms with E-state index in [2.05, 4.69) is 19.4 Å². The standard InChI is InChI=1S/C23H26ClFN2O2/c1-27(2)19-7-4-11-23(27,12-10-19)15-29-22(28)26-21-9-8-18(25)14-20(21)16-5-3-6-17(24)13-16/h3,5-6,8-9,13-14,19H,4,7,10-12,15H2,1-2H3/p+1/t19-,23+/m1/s1. The van der Waals surface area contributed by atoms with Crippen LogP contribution < -0.4 is 5.32 Å². The molecule has 2 bridgehead atoms. The zero-order valence-electron chi connectivity index (χ0n) is 16.9. The minimum atomic E-state index is -0.511. The summed E-state index contributed by atoms with van der Waals surface area (Å²) in [5.41, 5.74) is 1.79. The molecule has 154 valence electrons. The van der Waals surface area contributed by atoms with Gasteiger partial charge in [-0.3, -0.25) is 5.32 Å². The summed E-state index contributed by atoms with van der Waals surface area (Å²) in [6, 6.07) is 12.0. The molecule has 2 aliphatic rings. The lowest BCUT2D eigenvalue weighted by Gasteiger charge is -2.49. The maximum atomic E-state index is 13.9. The molecule has 0 unspecified atom stereocenters. The topological polar surface area (TPSA) is 38.3 Å². The Hall–Kier alpha value is -2.11. The number of carbonyl (C=O) groups is 1. The van der Waals surface area contributed by atoms with E-state index >= 15 is 0 Å². The Morgan fingerprint density at radius 3 is 2.86 bits per heavy atom. The largest absolute Gasteiger partial charge is 0.443 e. The molecule has 0 saturated carbocycles. The van der Waals surface area contributed by atoms with Crippen LogP contribution in [0.2, 0.25) is 5.02 Å². The van der Waals surface area contributed by atoms with Gasteiger partial charge in [0.1, 0.15) is 18.0 Å². The van der Waals surface area contributed by atoms with Crippen LogP contribution in [0.1, 0.15) is 32.1 Å². The van der Waals surface area contributed by atoms with Crippen LogP contribution in [0.15, 0.2) is 42.5 Å². The fourth-order valence-corrected chi connectivity index (χ4v) is 5.35. The molecule has 0 aromatic heterocycles. The number of benzene rings is 2. The van der Waals surface area contributed by atoms with Crippen molar-refractivity contribution in [2.75, 3.05) is 26.0 Å². The van der Waals surface area contributed by atoms with Crippen molar-refractivity contribution in [3.05, 3.63) is 53.3 Å². The van der Waals surface area contributed by atoms with Gasteiger partial charge < -0.3 is 9.22 Å². The number of likely N-dealkylation sites (N-methyl/N-ethyl adjacent to an activating group) is 1. The van der Waals surface area contributed by atoms with Crippen molar-refractivity contribution in [2.45, 2.75) is 43.7 Å². The van der Waals surface area contributed by atoms with Gasteiger partial charge in [0.25, 0.3) is 0 Å². The van der Waals surface area contributed by atoms with Gasteiger partial charge in [-0.1, -0.05) is 23.7 Å². The summed E-state index contributed by atoms with van der Waals surface area (Å²) < 4.78 is 20.5. The monoisotopic (exact) mass is 417 g/mol. The summed E-state index contributed by atoms with van der Waals surface area (Å²) in [6.45, 7) is 0.399. The number of amides is 1. The van der Waals surface area contributed by atoms with Crippen LogP contribution in [0, 0.1) is 5.82 Å². The molecular weight excluding hydrogens is 391 g/mol. The van der Waals surface area contributed by atoms with Crippen molar-refractivity contribution in [2.24, 2.45) is 0 Å². The third kappa shape index (κ3) is 3.74. The normalized spacial score (nSPS) is 24.9. The summed E-state index contributed by atoms with van der Waals surface area (Å²) in [6.07, 6.45) is 5.28. The van der Waals surface area contributed by atoms with Crippen molar-refractivity contribution >= 4 is 23.4 Å². The zero-order chi connectivity index (χ0) is 20.6. The second kappa shape index (κ2) is 7.62. The Bertz CT molecular complexity index is 929. The lowest BCUT2D eigenvalue weighted by molar-refractivity contribution is -0.956. The average Bonchev–Trinajstić information content (AvgIpc) is 2.84. The highest BCUT2D eigenvalue weighted by atomic mass is 35.5. The maximum Gasteiger partial charge on any atom is 0.411 e. The maximum absolute atomic E-state index is 13.9. The molecule has 2 fully saturated rings. The first kappa shape index (κ1) is 20.2. The Balaban J connectivity index is 1.49. The molecule has 6 heteroatoms. The fraction of sp³-hybridized carbons (Fsp3) is 0.435. The van der Waals surface area contributed by atoms with Crippen molar-refractivity contribution in [3.8, 4) is 11.1 Å². The molecule has 0 radical (unpaired) electrons. The number of nitrogens with one attached hydrogen (secondary N) is 1. The highest BCUT2D eigenvalue weighted by Gasteiger charge is 2.58. The van der Waals surface area contributed by atoms with E-state index in [1.54, 1.807) is 24.3 Å². The number of hydrogen-bond donors (Lipinski definition) is 1. The van der Waals surface area contributed by atoms with E-state index < -0.39 is 6.09 Å². The van der Waals surface area contributed by atoms with E-state index in [1.165, 1.54) is 31.4 Å². The highest BCUT2D eigenvalue weighted by molar-refractivity contribution is 6.30. The Morgan fingerprint density at radius 1 is 1.24 bits per heavy atom. The number of ether oxygens (including phenoxy) is 1. The molecule has 2 aromatic carbocycles. The number of halogens is 2. The molecule has 2 saturated heterocycles. The van der Waals surface area contributed by atoms with E-state index in [9.17, 15) is 9.18 Å². The Kier molecular flexibility index (Phi) is 5.30. The number of hydrogen-bond acceptors (Lipinski definition) is 2. The van der Waals surface area contributed by atoms with Crippen molar-refractivity contribution < 1.29 is 18.4 Å². The summed E-state index contributed by atoms with van der Waals surface area (Å²) in [7, 11) is 4.52. The van der Waals surface area contributed by atoms with Crippen LogP contribution in [0.5, 0.6) is 0 Å². The molecule has 29 heavy (non-hydrogen) atoms. The van der Waals surface area contributed by atoms with Crippen LogP contribution in [0.3, 0.4) is 0 Å². The van der Waals surface area contributed by atoms with Crippen LogP contribution in [0.25, 0.3) is 11.1 Å². The first-order valence-corrected chi connectivity index (χ1v) is 10.5. The molecular formula is C23H27ClFN2O2+. The van der Waals surface area contributed by atoms with Crippen molar-refractivity contribution in [1.29, 1.82) is 0 Å². The van der Waals surface area contributed by atoms with Crippen LogP contribution in [-0.4, -0.2) is 42.9 Å². The molecule has 0 spiro atoms. The molecule has 2 aliphatic heterocycles. The highest BCUT2D eigenvalue weighted by Crippen LogP contribution is 2.48. The predicted octanol–water partition coefficient (Wildman–Crippen LogP) is 5.86. The second-order valence-corrected chi connectivity index (χ2v) is 9.19. The minimum absolute atomic E-state index is 0.00115. The third-order valence-corrected chi connectivity index (χ3v) is 7.32. The van der Waals surface area contributed by atoms with Gasteiger partial charge in [-0.05, 0) is 48.7 Å². The zero-order valence-corrected chi connectivity index (χ0v) is 17.6. The van der Waals surface area contributed by atoms with E-state index in [1.807, 2.05) is 6.07 Å². The molecule has 2 heterocycles. The lowest BCUT2D eigenvalue weighted by Crippen LogP contribution is -2.63. The van der Waals surface area contributed by atoms with E-state index in [0.717, 1.165) is 22.9 Å². The van der Waals surface area contributed by atoms with Gasteiger partial charge in [0.2, 0.25) is 0 Å². The molecule has 2 aromatic rings. The van der Waals surface area contributed by atoms with Gasteiger partial charge in [-0.25, -0.2) is 9.18 Å². The molecule has 1 amide bonds. The number of rotatable bonds is 4. The fourth-order valence-electron chi connectivity index (χ4n) is 5.16. The summed E-state index contributed by atoms with van der Waals surface area (Å²) in [5.74, 6) is -0.379. The Labute approximate surface area is 176 Å². The summed E-state index contributed by atoms with van der Waals surface area (Å²) >= 11 is 6.08. The van der Waals surface area contributed by atoms with Gasteiger partial charge in [0.05, 0.1) is 25.8 Å². The van der Waals surface area contributed by atoms with E-state index in [0.29, 0.717) is 28.9 Å².